The van der Waals surface area contributed by atoms with Gasteiger partial charge in [0.1, 0.15) is 0 Å². The van der Waals surface area contributed by atoms with Crippen molar-refractivity contribution in [1.82, 2.24) is 4.98 Å². The Bertz CT molecular complexity index is 449. The summed E-state index contributed by atoms with van der Waals surface area (Å²) in [5.74, 6) is 0. The van der Waals surface area contributed by atoms with E-state index in [1.807, 2.05) is 42.6 Å². The van der Waals surface area contributed by atoms with Gasteiger partial charge in [-0.1, -0.05) is 12.1 Å². The zero-order chi connectivity index (χ0) is 10.7. The minimum Gasteiger partial charge on any atom is -0.399 e. The SMILES string of the molecule is Cc1ccc(N)cc1Cc1ccccn1. The summed E-state index contributed by atoms with van der Waals surface area (Å²) in [7, 11) is 0. The van der Waals surface area contributed by atoms with Crippen molar-refractivity contribution in [3.63, 3.8) is 0 Å². The maximum Gasteiger partial charge on any atom is 0.0447 e. The lowest BCUT2D eigenvalue weighted by molar-refractivity contribution is 1.06. The van der Waals surface area contributed by atoms with Crippen LogP contribution in [0.15, 0.2) is 42.6 Å². The third-order valence-corrected chi connectivity index (χ3v) is 2.47. The van der Waals surface area contributed by atoms with Crippen molar-refractivity contribution in [3.05, 3.63) is 59.4 Å². The molecule has 0 spiro atoms. The maximum absolute atomic E-state index is 5.76. The average molecular weight is 198 g/mol. The molecule has 0 aliphatic carbocycles. The molecule has 0 amide bonds. The maximum atomic E-state index is 5.76. The first kappa shape index (κ1) is 9.71. The van der Waals surface area contributed by atoms with Crippen molar-refractivity contribution in [2.24, 2.45) is 0 Å². The second kappa shape index (κ2) is 4.13. The highest BCUT2D eigenvalue weighted by atomic mass is 14.7. The van der Waals surface area contributed by atoms with Crippen molar-refractivity contribution in [3.8, 4) is 0 Å². The van der Waals surface area contributed by atoms with E-state index in [0.717, 1.165) is 17.8 Å². The normalized spacial score (nSPS) is 10.2. The molecule has 0 aliphatic heterocycles. The highest BCUT2D eigenvalue weighted by Gasteiger charge is 2.01. The van der Waals surface area contributed by atoms with Crippen LogP contribution in [0.25, 0.3) is 0 Å². The predicted molar refractivity (Wildman–Crippen MR) is 62.6 cm³/mol. The van der Waals surface area contributed by atoms with E-state index in [9.17, 15) is 0 Å². The van der Waals surface area contributed by atoms with Crippen LogP contribution in [0.5, 0.6) is 0 Å². The van der Waals surface area contributed by atoms with Crippen LogP contribution in [0.1, 0.15) is 16.8 Å². The Morgan fingerprint density at radius 2 is 2.07 bits per heavy atom. The minimum atomic E-state index is 0.812. The fourth-order valence-electron chi connectivity index (χ4n) is 1.58. The fourth-order valence-corrected chi connectivity index (χ4v) is 1.58. The predicted octanol–water partition coefficient (Wildman–Crippen LogP) is 2.56. The fraction of sp³-hybridized carbons (Fsp3) is 0.154. The van der Waals surface area contributed by atoms with Gasteiger partial charge < -0.3 is 5.73 Å². The van der Waals surface area contributed by atoms with E-state index in [2.05, 4.69) is 11.9 Å². The topological polar surface area (TPSA) is 38.9 Å². The van der Waals surface area contributed by atoms with Crippen molar-refractivity contribution in [2.45, 2.75) is 13.3 Å². The van der Waals surface area contributed by atoms with E-state index in [4.69, 9.17) is 5.73 Å². The number of anilines is 1. The summed E-state index contributed by atoms with van der Waals surface area (Å²) in [6, 6.07) is 12.0. The summed E-state index contributed by atoms with van der Waals surface area (Å²) in [5.41, 5.74) is 10.2. The summed E-state index contributed by atoms with van der Waals surface area (Å²) in [4.78, 5) is 4.30. The van der Waals surface area contributed by atoms with Crippen LogP contribution in [0.2, 0.25) is 0 Å². The van der Waals surface area contributed by atoms with E-state index >= 15 is 0 Å². The van der Waals surface area contributed by atoms with Gasteiger partial charge in [0.05, 0.1) is 0 Å². The van der Waals surface area contributed by atoms with Gasteiger partial charge in [0, 0.05) is 24.0 Å². The molecule has 0 bridgehead atoms. The number of aryl methyl sites for hydroxylation is 1. The van der Waals surface area contributed by atoms with Crippen molar-refractivity contribution in [1.29, 1.82) is 0 Å². The highest BCUT2D eigenvalue weighted by molar-refractivity contribution is 5.45. The number of aromatic nitrogens is 1. The number of nitrogens with two attached hydrogens (primary N) is 1. The van der Waals surface area contributed by atoms with Gasteiger partial charge in [-0.25, -0.2) is 0 Å². The second-order valence-electron chi connectivity index (χ2n) is 3.68. The molecule has 2 N–H and O–H groups in total. The van der Waals surface area contributed by atoms with Crippen molar-refractivity contribution < 1.29 is 0 Å². The zero-order valence-electron chi connectivity index (χ0n) is 8.77. The summed E-state index contributed by atoms with van der Waals surface area (Å²) >= 11 is 0. The summed E-state index contributed by atoms with van der Waals surface area (Å²) < 4.78 is 0. The lowest BCUT2D eigenvalue weighted by atomic mass is 10.0. The molecule has 1 aromatic carbocycles. The summed E-state index contributed by atoms with van der Waals surface area (Å²) in [6.45, 7) is 2.09. The molecule has 76 valence electrons. The van der Waals surface area contributed by atoms with Crippen LogP contribution in [0, 0.1) is 6.92 Å². The Hall–Kier alpha value is -1.83. The lowest BCUT2D eigenvalue weighted by Crippen LogP contribution is -1.96. The summed E-state index contributed by atoms with van der Waals surface area (Å²) in [6.07, 6.45) is 2.66. The van der Waals surface area contributed by atoms with Crippen molar-refractivity contribution in [2.75, 3.05) is 5.73 Å². The Kier molecular flexibility index (Phi) is 2.68. The van der Waals surface area contributed by atoms with Gasteiger partial charge in [-0.05, 0) is 42.3 Å². The number of pyridine rings is 1. The largest absolute Gasteiger partial charge is 0.399 e. The van der Waals surface area contributed by atoms with E-state index in [1.54, 1.807) is 0 Å². The van der Waals surface area contributed by atoms with Crippen LogP contribution in [-0.4, -0.2) is 4.98 Å². The second-order valence-corrected chi connectivity index (χ2v) is 3.68. The van der Waals surface area contributed by atoms with Crippen LogP contribution in [0.3, 0.4) is 0 Å². The molecule has 0 fully saturated rings. The van der Waals surface area contributed by atoms with E-state index in [0.29, 0.717) is 0 Å². The van der Waals surface area contributed by atoms with Gasteiger partial charge in [-0.3, -0.25) is 4.98 Å². The van der Waals surface area contributed by atoms with Crippen LogP contribution < -0.4 is 5.73 Å². The first-order valence-corrected chi connectivity index (χ1v) is 5.00. The molecule has 1 heterocycles. The van der Waals surface area contributed by atoms with Gasteiger partial charge >= 0.3 is 0 Å². The van der Waals surface area contributed by atoms with Gasteiger partial charge in [-0.15, -0.1) is 0 Å². The van der Waals surface area contributed by atoms with Crippen LogP contribution in [-0.2, 0) is 6.42 Å². The molecule has 0 saturated carbocycles. The molecule has 2 rings (SSSR count). The first-order valence-electron chi connectivity index (χ1n) is 5.00. The average Bonchev–Trinajstić information content (AvgIpc) is 2.25. The molecular weight excluding hydrogens is 184 g/mol. The first-order chi connectivity index (χ1) is 7.25. The highest BCUT2D eigenvalue weighted by Crippen LogP contribution is 2.15. The van der Waals surface area contributed by atoms with Gasteiger partial charge in [0.15, 0.2) is 0 Å². The van der Waals surface area contributed by atoms with Crippen LogP contribution >= 0.6 is 0 Å². The third kappa shape index (κ3) is 2.34. The Morgan fingerprint density at radius 1 is 1.20 bits per heavy atom. The molecule has 0 atom stereocenters. The number of benzene rings is 1. The lowest BCUT2D eigenvalue weighted by Gasteiger charge is -2.06. The van der Waals surface area contributed by atoms with Gasteiger partial charge in [-0.2, -0.15) is 0 Å². The third-order valence-electron chi connectivity index (χ3n) is 2.47. The molecule has 0 unspecified atom stereocenters. The monoisotopic (exact) mass is 198 g/mol. The molecule has 2 aromatic rings. The molecule has 15 heavy (non-hydrogen) atoms. The van der Waals surface area contributed by atoms with E-state index in [1.165, 1.54) is 11.1 Å². The number of hydrogen-bond acceptors (Lipinski definition) is 2. The number of hydrogen-bond donors (Lipinski definition) is 1. The van der Waals surface area contributed by atoms with Gasteiger partial charge in [0.2, 0.25) is 0 Å². The van der Waals surface area contributed by atoms with Gasteiger partial charge in [0.25, 0.3) is 0 Å². The van der Waals surface area contributed by atoms with Crippen LogP contribution in [0.4, 0.5) is 5.69 Å². The van der Waals surface area contributed by atoms with E-state index in [-0.39, 0.29) is 0 Å². The standard InChI is InChI=1S/C13H14N2/c1-10-5-6-12(14)8-11(10)9-13-4-2-3-7-15-13/h2-8H,9,14H2,1H3. The Balaban J connectivity index is 2.28. The molecule has 2 nitrogen and oxygen atoms in total. The molecule has 2 heteroatoms. The smallest absolute Gasteiger partial charge is 0.0447 e. The van der Waals surface area contributed by atoms with E-state index < -0.39 is 0 Å². The number of rotatable bonds is 2. The van der Waals surface area contributed by atoms with Crippen molar-refractivity contribution >= 4 is 5.69 Å². The molecule has 0 saturated heterocycles. The molecule has 1 aromatic heterocycles. The zero-order valence-corrected chi connectivity index (χ0v) is 8.77. The minimum absolute atomic E-state index is 0.812. The number of nitrogens with zero attached hydrogens (tertiary/aromatic N) is 1. The quantitative estimate of drug-likeness (QED) is 0.753. The Labute approximate surface area is 89.8 Å². The molecule has 0 aliphatic rings. The Morgan fingerprint density at radius 3 is 2.80 bits per heavy atom. The molecule has 0 radical (unpaired) electrons. The molecular formula is C13H14N2. The summed E-state index contributed by atoms with van der Waals surface area (Å²) in [5, 5.41) is 0. The number of nitrogen functional groups attached to an aromatic ring is 1.